The molecule has 3 rings (SSSR count). The topological polar surface area (TPSA) is 79.4 Å². The normalized spacial score (nSPS) is 20.4. The van der Waals surface area contributed by atoms with Crippen molar-refractivity contribution in [1.82, 2.24) is 14.7 Å². The summed E-state index contributed by atoms with van der Waals surface area (Å²) in [6, 6.07) is 4.44. The van der Waals surface area contributed by atoms with Crippen LogP contribution in [0.1, 0.15) is 18.4 Å². The molecule has 8 nitrogen and oxygen atoms in total. The van der Waals surface area contributed by atoms with Crippen LogP contribution >= 0.6 is 0 Å². The van der Waals surface area contributed by atoms with Gasteiger partial charge in [-0.2, -0.15) is 0 Å². The minimum Gasteiger partial charge on any atom is -0.493 e. The summed E-state index contributed by atoms with van der Waals surface area (Å²) in [6.07, 6.45) is 0.655. The molecule has 8 heteroatoms. The lowest BCUT2D eigenvalue weighted by Crippen LogP contribution is -2.40. The zero-order valence-electron chi connectivity index (χ0n) is 15.2. The number of rotatable bonds is 3. The fourth-order valence-electron chi connectivity index (χ4n) is 3.31. The van der Waals surface area contributed by atoms with E-state index in [2.05, 4.69) is 0 Å². The third-order valence-corrected chi connectivity index (χ3v) is 4.85. The molecule has 1 fully saturated rings. The van der Waals surface area contributed by atoms with Gasteiger partial charge < -0.3 is 19.3 Å². The Hall–Kier alpha value is -2.77. The van der Waals surface area contributed by atoms with Crippen LogP contribution < -0.4 is 9.47 Å². The van der Waals surface area contributed by atoms with Gasteiger partial charge in [0, 0.05) is 32.7 Å². The second kappa shape index (κ2) is 7.23. The molecular weight excluding hydrogens is 338 g/mol. The SMILES string of the molecule is COc1cccc2c1OCCCN(C(=O)C[C@H]1C(=O)N(C)C(=O)N1C)C2. The predicted octanol–water partition coefficient (Wildman–Crippen LogP) is 1.09. The molecule has 0 aromatic heterocycles. The van der Waals surface area contributed by atoms with Crippen LogP contribution in [0.3, 0.4) is 0 Å². The van der Waals surface area contributed by atoms with E-state index in [0.717, 1.165) is 10.5 Å². The van der Waals surface area contributed by atoms with Gasteiger partial charge in [-0.3, -0.25) is 14.5 Å². The van der Waals surface area contributed by atoms with Gasteiger partial charge in [0.25, 0.3) is 5.91 Å². The Balaban J connectivity index is 1.77. The van der Waals surface area contributed by atoms with Crippen LogP contribution in [0.25, 0.3) is 0 Å². The summed E-state index contributed by atoms with van der Waals surface area (Å²) in [5, 5.41) is 0. The summed E-state index contributed by atoms with van der Waals surface area (Å²) < 4.78 is 11.1. The van der Waals surface area contributed by atoms with E-state index < -0.39 is 6.04 Å². The van der Waals surface area contributed by atoms with E-state index in [1.807, 2.05) is 18.2 Å². The largest absolute Gasteiger partial charge is 0.493 e. The van der Waals surface area contributed by atoms with Gasteiger partial charge in [-0.1, -0.05) is 12.1 Å². The van der Waals surface area contributed by atoms with Gasteiger partial charge in [-0.15, -0.1) is 0 Å². The summed E-state index contributed by atoms with van der Waals surface area (Å²) in [7, 11) is 4.56. The number of methoxy groups -OCH3 is 1. The number of urea groups is 1. The molecule has 1 saturated heterocycles. The predicted molar refractivity (Wildman–Crippen MR) is 92.9 cm³/mol. The van der Waals surface area contributed by atoms with Crippen molar-refractivity contribution in [2.75, 3.05) is 34.4 Å². The summed E-state index contributed by atoms with van der Waals surface area (Å²) in [5.41, 5.74) is 0.858. The van der Waals surface area contributed by atoms with E-state index in [0.29, 0.717) is 37.6 Å². The molecule has 4 amide bonds. The molecule has 0 N–H and O–H groups in total. The van der Waals surface area contributed by atoms with Crippen molar-refractivity contribution in [1.29, 1.82) is 0 Å². The highest BCUT2D eigenvalue weighted by Crippen LogP contribution is 2.33. The first-order chi connectivity index (χ1) is 12.4. The molecule has 0 radical (unpaired) electrons. The maximum Gasteiger partial charge on any atom is 0.326 e. The van der Waals surface area contributed by atoms with Crippen molar-refractivity contribution >= 4 is 17.8 Å². The third-order valence-electron chi connectivity index (χ3n) is 4.85. The number of ether oxygens (including phenoxy) is 2. The minimum absolute atomic E-state index is 0.0222. The number of benzene rings is 1. The average molecular weight is 361 g/mol. The first-order valence-electron chi connectivity index (χ1n) is 8.55. The molecule has 0 bridgehead atoms. The average Bonchev–Trinajstić information content (AvgIpc) is 2.79. The molecule has 0 unspecified atom stereocenters. The van der Waals surface area contributed by atoms with E-state index in [1.165, 1.54) is 11.9 Å². The van der Waals surface area contributed by atoms with Gasteiger partial charge in [0.05, 0.1) is 20.1 Å². The standard InChI is InChI=1S/C18H23N3O5/c1-19-13(17(23)20(2)18(19)24)10-15(22)21-8-5-9-26-16-12(11-21)6-4-7-14(16)25-3/h4,6-7,13H,5,8-11H2,1-3H3/t13-/m0/s1. The first kappa shape index (κ1) is 18.0. The monoisotopic (exact) mass is 361 g/mol. The van der Waals surface area contributed by atoms with Crippen LogP contribution in [0, 0.1) is 0 Å². The number of para-hydroxylation sites is 1. The number of likely N-dealkylation sites (N-methyl/N-ethyl adjacent to an activating group) is 2. The Morgan fingerprint density at radius 2 is 2.08 bits per heavy atom. The number of hydrogen-bond acceptors (Lipinski definition) is 5. The Kier molecular flexibility index (Phi) is 5.01. The number of imide groups is 1. The van der Waals surface area contributed by atoms with E-state index >= 15 is 0 Å². The van der Waals surface area contributed by atoms with E-state index in [1.54, 1.807) is 19.1 Å². The Morgan fingerprint density at radius 3 is 2.73 bits per heavy atom. The maximum absolute atomic E-state index is 12.8. The number of carbonyl (C=O) groups is 3. The van der Waals surface area contributed by atoms with Crippen LogP contribution in [0.5, 0.6) is 11.5 Å². The lowest BCUT2D eigenvalue weighted by molar-refractivity contribution is -0.137. The van der Waals surface area contributed by atoms with E-state index in [-0.39, 0.29) is 24.3 Å². The highest BCUT2D eigenvalue weighted by atomic mass is 16.5. The molecule has 2 heterocycles. The van der Waals surface area contributed by atoms with Gasteiger partial charge in [0.2, 0.25) is 5.91 Å². The Morgan fingerprint density at radius 1 is 1.31 bits per heavy atom. The second-order valence-electron chi connectivity index (χ2n) is 6.48. The molecule has 1 aromatic carbocycles. The van der Waals surface area contributed by atoms with Gasteiger partial charge in [-0.05, 0) is 12.5 Å². The fourth-order valence-corrected chi connectivity index (χ4v) is 3.31. The molecular formula is C18H23N3O5. The lowest BCUT2D eigenvalue weighted by Gasteiger charge is -2.28. The Labute approximate surface area is 152 Å². The smallest absolute Gasteiger partial charge is 0.326 e. The third kappa shape index (κ3) is 3.18. The molecule has 0 spiro atoms. The second-order valence-corrected chi connectivity index (χ2v) is 6.48. The molecule has 1 atom stereocenters. The molecule has 2 aliphatic heterocycles. The van der Waals surface area contributed by atoms with Gasteiger partial charge >= 0.3 is 6.03 Å². The Bertz CT molecular complexity index is 736. The van der Waals surface area contributed by atoms with Crippen LogP contribution in [0.15, 0.2) is 18.2 Å². The molecule has 140 valence electrons. The minimum atomic E-state index is -0.744. The van der Waals surface area contributed by atoms with Gasteiger partial charge in [-0.25, -0.2) is 4.79 Å². The van der Waals surface area contributed by atoms with Crippen molar-refractivity contribution in [3.63, 3.8) is 0 Å². The van der Waals surface area contributed by atoms with Crippen molar-refractivity contribution in [3.8, 4) is 11.5 Å². The van der Waals surface area contributed by atoms with Gasteiger partial charge in [0.15, 0.2) is 11.5 Å². The molecule has 26 heavy (non-hydrogen) atoms. The highest BCUT2D eigenvalue weighted by Gasteiger charge is 2.42. The lowest BCUT2D eigenvalue weighted by atomic mass is 10.1. The number of nitrogens with zero attached hydrogens (tertiary/aromatic N) is 3. The van der Waals surface area contributed by atoms with E-state index in [9.17, 15) is 14.4 Å². The van der Waals surface area contributed by atoms with E-state index in [4.69, 9.17) is 9.47 Å². The maximum atomic E-state index is 12.8. The summed E-state index contributed by atoms with van der Waals surface area (Å²) in [4.78, 5) is 41.0. The van der Waals surface area contributed by atoms with Crippen LogP contribution in [-0.2, 0) is 16.1 Å². The van der Waals surface area contributed by atoms with Crippen LogP contribution in [-0.4, -0.2) is 72.9 Å². The molecule has 0 saturated carbocycles. The number of fused-ring (bicyclic) bond motifs is 1. The van der Waals surface area contributed by atoms with Gasteiger partial charge in [0.1, 0.15) is 6.04 Å². The van der Waals surface area contributed by atoms with Crippen molar-refractivity contribution in [2.24, 2.45) is 0 Å². The summed E-state index contributed by atoms with van der Waals surface area (Å²) >= 11 is 0. The summed E-state index contributed by atoms with van der Waals surface area (Å²) in [6.45, 7) is 1.38. The fraction of sp³-hybridized carbons (Fsp3) is 0.500. The zero-order chi connectivity index (χ0) is 18.8. The van der Waals surface area contributed by atoms with Crippen molar-refractivity contribution in [3.05, 3.63) is 23.8 Å². The summed E-state index contributed by atoms with van der Waals surface area (Å²) in [5.74, 6) is 0.781. The molecule has 2 aliphatic rings. The van der Waals surface area contributed by atoms with Crippen LogP contribution in [0.2, 0.25) is 0 Å². The molecule has 0 aliphatic carbocycles. The molecule has 1 aromatic rings. The number of carbonyl (C=O) groups excluding carboxylic acids is 3. The highest BCUT2D eigenvalue weighted by molar-refractivity contribution is 6.05. The number of hydrogen-bond donors (Lipinski definition) is 0. The van der Waals surface area contributed by atoms with Crippen LogP contribution in [0.4, 0.5) is 4.79 Å². The van der Waals surface area contributed by atoms with Crippen molar-refractivity contribution in [2.45, 2.75) is 25.4 Å². The van der Waals surface area contributed by atoms with Crippen molar-refractivity contribution < 1.29 is 23.9 Å². The first-order valence-corrected chi connectivity index (χ1v) is 8.55. The number of amides is 4. The zero-order valence-corrected chi connectivity index (χ0v) is 15.2. The quantitative estimate of drug-likeness (QED) is 0.753.